The van der Waals surface area contributed by atoms with Gasteiger partial charge in [-0.05, 0) is 24.3 Å². The number of ether oxygens (including phenoxy) is 2. The molecule has 3 aromatic rings. The normalized spacial score (nSPS) is 10.6. The first-order valence-electron chi connectivity index (χ1n) is 8.09. The fraction of sp³-hybridized carbons (Fsp3) is 0.278. The van der Waals surface area contributed by atoms with Gasteiger partial charge in [-0.1, -0.05) is 18.2 Å². The predicted molar refractivity (Wildman–Crippen MR) is 92.8 cm³/mol. The number of aromatic nitrogens is 3. The number of carbonyl (C=O) groups excluding carboxylic acids is 1. The summed E-state index contributed by atoms with van der Waals surface area (Å²) in [6.45, 7) is 0.795. The number of amides is 1. The molecule has 7 nitrogen and oxygen atoms in total. The van der Waals surface area contributed by atoms with Crippen LogP contribution in [0, 0.1) is 0 Å². The molecule has 3 rings (SSSR count). The van der Waals surface area contributed by atoms with E-state index in [0.29, 0.717) is 31.1 Å². The van der Waals surface area contributed by atoms with Crippen LogP contribution in [0.2, 0.25) is 0 Å². The first-order valence-corrected chi connectivity index (χ1v) is 8.09. The van der Waals surface area contributed by atoms with Crippen molar-refractivity contribution in [2.24, 2.45) is 0 Å². The van der Waals surface area contributed by atoms with E-state index in [4.69, 9.17) is 9.47 Å². The van der Waals surface area contributed by atoms with Gasteiger partial charge in [-0.3, -0.25) is 9.20 Å². The van der Waals surface area contributed by atoms with Crippen LogP contribution in [-0.2, 0) is 11.2 Å². The highest BCUT2D eigenvalue weighted by Crippen LogP contribution is 2.25. The van der Waals surface area contributed by atoms with Crippen LogP contribution < -0.4 is 14.8 Å². The molecule has 130 valence electrons. The highest BCUT2D eigenvalue weighted by atomic mass is 16.5. The molecule has 25 heavy (non-hydrogen) atoms. The molecule has 0 radical (unpaired) electrons. The Bertz CT molecular complexity index is 847. The highest BCUT2D eigenvalue weighted by molar-refractivity contribution is 5.76. The minimum Gasteiger partial charge on any atom is -0.493 e. The van der Waals surface area contributed by atoms with Gasteiger partial charge < -0.3 is 14.8 Å². The number of nitrogens with zero attached hydrogens (tertiary/aromatic N) is 3. The minimum atomic E-state index is -0.0660. The lowest BCUT2D eigenvalue weighted by Crippen LogP contribution is -2.27. The van der Waals surface area contributed by atoms with Crippen LogP contribution in [0.3, 0.4) is 0 Å². The second-order valence-electron chi connectivity index (χ2n) is 5.39. The van der Waals surface area contributed by atoms with Crippen LogP contribution in [0.1, 0.15) is 12.2 Å². The Kier molecular flexibility index (Phi) is 5.46. The number of fused-ring (bicyclic) bond motifs is 1. The molecule has 0 unspecified atom stereocenters. The molecule has 0 saturated carbocycles. The van der Waals surface area contributed by atoms with Crippen molar-refractivity contribution in [1.29, 1.82) is 0 Å². The van der Waals surface area contributed by atoms with Crippen LogP contribution in [0.5, 0.6) is 11.5 Å². The first-order chi connectivity index (χ1) is 12.3. The number of hydrogen-bond acceptors (Lipinski definition) is 5. The average Bonchev–Trinajstić information content (AvgIpc) is 3.05. The maximum absolute atomic E-state index is 11.9. The molecule has 0 saturated heterocycles. The van der Waals surface area contributed by atoms with Crippen molar-refractivity contribution in [3.8, 4) is 11.5 Å². The van der Waals surface area contributed by atoms with Crippen LogP contribution in [-0.4, -0.2) is 40.8 Å². The summed E-state index contributed by atoms with van der Waals surface area (Å²) in [5.41, 5.74) is 0.800. The number of carbonyl (C=O) groups is 1. The number of hydrogen-bond donors (Lipinski definition) is 1. The second-order valence-corrected chi connectivity index (χ2v) is 5.39. The van der Waals surface area contributed by atoms with Crippen LogP contribution in [0.4, 0.5) is 0 Å². The van der Waals surface area contributed by atoms with E-state index >= 15 is 0 Å². The molecule has 2 heterocycles. The van der Waals surface area contributed by atoms with Crippen molar-refractivity contribution in [2.45, 2.75) is 12.8 Å². The lowest BCUT2D eigenvalue weighted by atomic mass is 10.3. The molecule has 1 N–H and O–H groups in total. The Morgan fingerprint density at radius 2 is 1.92 bits per heavy atom. The Morgan fingerprint density at radius 3 is 2.76 bits per heavy atom. The number of pyridine rings is 1. The van der Waals surface area contributed by atoms with Gasteiger partial charge in [0.25, 0.3) is 0 Å². The van der Waals surface area contributed by atoms with E-state index in [0.717, 1.165) is 11.5 Å². The lowest BCUT2D eigenvalue weighted by molar-refractivity contribution is -0.121. The van der Waals surface area contributed by atoms with Crippen molar-refractivity contribution < 1.29 is 14.3 Å². The Morgan fingerprint density at radius 1 is 1.12 bits per heavy atom. The summed E-state index contributed by atoms with van der Waals surface area (Å²) >= 11 is 0. The topological polar surface area (TPSA) is 77.8 Å². The standard InChI is InChI=1S/C18H20N4O3/c1-24-14-6-2-3-7-15(14)25-13-10-18(23)19-11-9-17-21-20-16-8-4-5-12-22(16)17/h2-8,12H,9-11,13H2,1H3,(H,19,23). The molecule has 0 aliphatic heterocycles. The minimum absolute atomic E-state index is 0.0660. The monoisotopic (exact) mass is 340 g/mol. The molecule has 0 bridgehead atoms. The largest absolute Gasteiger partial charge is 0.493 e. The van der Waals surface area contributed by atoms with E-state index in [9.17, 15) is 4.79 Å². The molecule has 0 aliphatic carbocycles. The Balaban J connectivity index is 1.41. The van der Waals surface area contributed by atoms with Crippen molar-refractivity contribution in [3.63, 3.8) is 0 Å². The highest BCUT2D eigenvalue weighted by Gasteiger charge is 2.07. The van der Waals surface area contributed by atoms with Crippen molar-refractivity contribution >= 4 is 11.6 Å². The molecule has 0 spiro atoms. The summed E-state index contributed by atoms with van der Waals surface area (Å²) in [4.78, 5) is 11.9. The van der Waals surface area contributed by atoms with Gasteiger partial charge in [-0.25, -0.2) is 0 Å². The summed E-state index contributed by atoms with van der Waals surface area (Å²) < 4.78 is 12.7. The van der Waals surface area contributed by atoms with Gasteiger partial charge in [0, 0.05) is 19.2 Å². The zero-order valence-electron chi connectivity index (χ0n) is 14.0. The summed E-state index contributed by atoms with van der Waals surface area (Å²) in [6.07, 6.45) is 2.80. The smallest absolute Gasteiger partial charge is 0.223 e. The number of rotatable bonds is 8. The summed E-state index contributed by atoms with van der Waals surface area (Å²) in [5, 5.41) is 11.1. The number of benzene rings is 1. The van der Waals surface area contributed by atoms with Gasteiger partial charge in [0.05, 0.1) is 20.1 Å². The Labute approximate surface area is 145 Å². The molecular weight excluding hydrogens is 320 g/mol. The van der Waals surface area contributed by atoms with Crippen LogP contribution in [0.25, 0.3) is 5.65 Å². The van der Waals surface area contributed by atoms with Gasteiger partial charge in [0.1, 0.15) is 5.82 Å². The molecular formula is C18H20N4O3. The second kappa shape index (κ2) is 8.14. The SMILES string of the molecule is COc1ccccc1OCCC(=O)NCCc1nnc2ccccn12. The maximum Gasteiger partial charge on any atom is 0.223 e. The van der Waals surface area contributed by atoms with Gasteiger partial charge >= 0.3 is 0 Å². The van der Waals surface area contributed by atoms with E-state index in [2.05, 4.69) is 15.5 Å². The van der Waals surface area contributed by atoms with E-state index in [1.54, 1.807) is 7.11 Å². The van der Waals surface area contributed by atoms with Crippen molar-refractivity contribution in [2.75, 3.05) is 20.3 Å². The fourth-order valence-corrected chi connectivity index (χ4v) is 2.46. The lowest BCUT2D eigenvalue weighted by Gasteiger charge is -2.10. The maximum atomic E-state index is 11.9. The summed E-state index contributed by atoms with van der Waals surface area (Å²) in [6, 6.07) is 13.1. The Hall–Kier alpha value is -3.09. The van der Waals surface area contributed by atoms with E-state index < -0.39 is 0 Å². The summed E-state index contributed by atoms with van der Waals surface area (Å²) in [5.74, 6) is 2.04. The third-order valence-corrected chi connectivity index (χ3v) is 3.71. The molecule has 0 aliphatic rings. The van der Waals surface area contributed by atoms with Crippen LogP contribution in [0.15, 0.2) is 48.7 Å². The van der Waals surface area contributed by atoms with Crippen molar-refractivity contribution in [3.05, 3.63) is 54.5 Å². The quantitative estimate of drug-likeness (QED) is 0.677. The van der Waals surface area contributed by atoms with Gasteiger partial charge in [0.2, 0.25) is 5.91 Å². The number of methoxy groups -OCH3 is 1. The molecule has 7 heteroatoms. The third-order valence-electron chi connectivity index (χ3n) is 3.71. The molecule has 0 fully saturated rings. The van der Waals surface area contributed by atoms with E-state index in [1.165, 1.54) is 0 Å². The molecule has 2 aromatic heterocycles. The zero-order chi connectivity index (χ0) is 17.5. The average molecular weight is 340 g/mol. The van der Waals surface area contributed by atoms with Gasteiger partial charge in [0.15, 0.2) is 17.1 Å². The van der Waals surface area contributed by atoms with Gasteiger partial charge in [-0.15, -0.1) is 10.2 Å². The third kappa shape index (κ3) is 4.26. The molecule has 0 atom stereocenters. The van der Waals surface area contributed by atoms with E-state index in [-0.39, 0.29) is 12.3 Å². The summed E-state index contributed by atoms with van der Waals surface area (Å²) in [7, 11) is 1.59. The zero-order valence-corrected chi connectivity index (χ0v) is 14.0. The number of nitrogens with one attached hydrogen (secondary N) is 1. The fourth-order valence-electron chi connectivity index (χ4n) is 2.46. The predicted octanol–water partition coefficient (Wildman–Crippen LogP) is 1.87. The van der Waals surface area contributed by atoms with Crippen LogP contribution >= 0.6 is 0 Å². The molecule has 1 aromatic carbocycles. The van der Waals surface area contributed by atoms with E-state index in [1.807, 2.05) is 53.1 Å². The number of para-hydroxylation sites is 2. The first kappa shape index (κ1) is 16.8. The van der Waals surface area contributed by atoms with Gasteiger partial charge in [-0.2, -0.15) is 0 Å². The van der Waals surface area contributed by atoms with Crippen molar-refractivity contribution in [1.82, 2.24) is 19.9 Å². The molecule has 1 amide bonds.